The van der Waals surface area contributed by atoms with Gasteiger partial charge in [-0.2, -0.15) is 0 Å². The maximum Gasteiger partial charge on any atom is 0.174 e. The fraction of sp³-hybridized carbons (Fsp3) is 0.188. The Morgan fingerprint density at radius 3 is 2.68 bits per heavy atom. The van der Waals surface area contributed by atoms with E-state index in [0.29, 0.717) is 16.2 Å². The molecule has 0 bridgehead atoms. The van der Waals surface area contributed by atoms with Crippen molar-refractivity contribution < 1.29 is 12.8 Å². The summed E-state index contributed by atoms with van der Waals surface area (Å²) in [4.78, 5) is 4.07. The van der Waals surface area contributed by atoms with Crippen molar-refractivity contribution in [3.8, 4) is 0 Å². The Bertz CT molecular complexity index is 1050. The number of hydrogen-bond acceptors (Lipinski definition) is 4. The van der Waals surface area contributed by atoms with Crippen LogP contribution in [-0.2, 0) is 16.4 Å². The molecular weight excluding hydrogens is 433 g/mol. The summed E-state index contributed by atoms with van der Waals surface area (Å²) in [5, 5.41) is 3.40. The molecule has 2 aromatic carbocycles. The number of rotatable bonds is 5. The minimum absolute atomic E-state index is 0.0332. The first-order chi connectivity index (χ1) is 11.7. The van der Waals surface area contributed by atoms with Crippen molar-refractivity contribution in [1.29, 1.82) is 0 Å². The second-order valence-corrected chi connectivity index (χ2v) is 9.19. The lowest BCUT2D eigenvalue weighted by atomic mass is 10.2. The van der Waals surface area contributed by atoms with Crippen LogP contribution in [0.15, 0.2) is 41.1 Å². The van der Waals surface area contributed by atoms with Crippen LogP contribution in [0, 0.1) is 5.82 Å². The first-order valence-corrected chi connectivity index (χ1v) is 10.5. The van der Waals surface area contributed by atoms with Crippen molar-refractivity contribution in [2.45, 2.75) is 6.54 Å². The molecule has 0 saturated heterocycles. The Balaban J connectivity index is 1.92. The summed E-state index contributed by atoms with van der Waals surface area (Å²) in [5.74, 6) is -0.552. The minimum Gasteiger partial charge on any atom is -0.352 e. The number of halogens is 3. The monoisotopic (exact) mass is 445 g/mol. The predicted molar refractivity (Wildman–Crippen MR) is 102 cm³/mol. The predicted octanol–water partition coefficient (Wildman–Crippen LogP) is 4.38. The maximum absolute atomic E-state index is 14.7. The number of imidazole rings is 1. The van der Waals surface area contributed by atoms with Gasteiger partial charge in [-0.05, 0) is 30.3 Å². The molecule has 25 heavy (non-hydrogen) atoms. The molecule has 0 radical (unpaired) electrons. The van der Waals surface area contributed by atoms with E-state index in [1.165, 1.54) is 6.33 Å². The molecule has 0 aliphatic carbocycles. The van der Waals surface area contributed by atoms with Crippen molar-refractivity contribution in [3.05, 3.63) is 52.0 Å². The highest BCUT2D eigenvalue weighted by molar-refractivity contribution is 9.10. The number of nitrogens with zero attached hydrogens (tertiary/aromatic N) is 2. The molecule has 0 saturated carbocycles. The first-order valence-electron chi connectivity index (χ1n) is 7.28. The second kappa shape index (κ2) is 6.93. The van der Waals surface area contributed by atoms with Crippen LogP contribution in [0.2, 0.25) is 5.02 Å². The number of benzene rings is 2. The minimum atomic E-state index is -3.11. The lowest BCUT2D eigenvalue weighted by molar-refractivity contribution is 0.595. The van der Waals surface area contributed by atoms with Crippen LogP contribution in [0.4, 0.5) is 15.8 Å². The lowest BCUT2D eigenvalue weighted by Crippen LogP contribution is -2.10. The van der Waals surface area contributed by atoms with Crippen LogP contribution in [0.5, 0.6) is 0 Å². The van der Waals surface area contributed by atoms with Gasteiger partial charge in [-0.25, -0.2) is 17.8 Å². The van der Waals surface area contributed by atoms with Gasteiger partial charge in [-0.3, -0.25) is 0 Å². The quantitative estimate of drug-likeness (QED) is 0.632. The van der Waals surface area contributed by atoms with Gasteiger partial charge in [0.2, 0.25) is 0 Å². The Morgan fingerprint density at radius 2 is 2.00 bits per heavy atom. The number of aryl methyl sites for hydroxylation is 1. The molecule has 1 heterocycles. The van der Waals surface area contributed by atoms with Gasteiger partial charge in [0.1, 0.15) is 15.4 Å². The van der Waals surface area contributed by atoms with Gasteiger partial charge in [-0.1, -0.05) is 27.5 Å². The van der Waals surface area contributed by atoms with Crippen molar-refractivity contribution in [2.24, 2.45) is 0 Å². The van der Waals surface area contributed by atoms with Gasteiger partial charge in [-0.15, -0.1) is 0 Å². The van der Waals surface area contributed by atoms with E-state index in [9.17, 15) is 12.8 Å². The zero-order valence-corrected chi connectivity index (χ0v) is 16.3. The third-order valence-corrected chi connectivity index (χ3v) is 5.36. The average Bonchev–Trinajstić information content (AvgIpc) is 2.93. The fourth-order valence-corrected chi connectivity index (χ4v) is 3.62. The van der Waals surface area contributed by atoms with Crippen molar-refractivity contribution in [3.63, 3.8) is 0 Å². The van der Waals surface area contributed by atoms with E-state index in [1.807, 2.05) is 0 Å². The van der Waals surface area contributed by atoms with E-state index >= 15 is 0 Å². The molecule has 0 aliphatic rings. The summed E-state index contributed by atoms with van der Waals surface area (Å²) in [6.45, 7) is 0.222. The molecule has 3 aromatic rings. The van der Waals surface area contributed by atoms with E-state index in [1.54, 1.807) is 34.9 Å². The van der Waals surface area contributed by atoms with Crippen LogP contribution >= 0.6 is 27.5 Å². The Morgan fingerprint density at radius 1 is 1.28 bits per heavy atom. The Hall–Kier alpha value is -1.64. The average molecular weight is 447 g/mol. The molecule has 0 fully saturated rings. The fourth-order valence-electron chi connectivity index (χ4n) is 2.37. The summed E-state index contributed by atoms with van der Waals surface area (Å²) in [7, 11) is -3.11. The maximum atomic E-state index is 14.7. The highest BCUT2D eigenvalue weighted by Gasteiger charge is 2.14. The van der Waals surface area contributed by atoms with Gasteiger partial charge in [0.15, 0.2) is 5.82 Å². The molecule has 9 heteroatoms. The van der Waals surface area contributed by atoms with E-state index in [0.717, 1.165) is 10.7 Å². The number of fused-ring (bicyclic) bond motifs is 1. The lowest BCUT2D eigenvalue weighted by Gasteiger charge is -2.10. The third kappa shape index (κ3) is 4.13. The number of anilines is 2. The van der Waals surface area contributed by atoms with E-state index in [2.05, 4.69) is 26.2 Å². The van der Waals surface area contributed by atoms with Crippen molar-refractivity contribution in [1.82, 2.24) is 9.55 Å². The van der Waals surface area contributed by atoms with Crippen LogP contribution in [0.1, 0.15) is 0 Å². The normalized spacial score (nSPS) is 11.8. The summed E-state index contributed by atoms with van der Waals surface area (Å²) in [5.41, 5.74) is 1.52. The molecule has 132 valence electrons. The topological polar surface area (TPSA) is 64.0 Å². The highest BCUT2D eigenvalue weighted by Crippen LogP contribution is 2.31. The van der Waals surface area contributed by atoms with Crippen molar-refractivity contribution >= 4 is 59.8 Å². The largest absolute Gasteiger partial charge is 0.352 e. The standard InChI is InChI=1S/C16H14BrClFN3O2S/c1-25(23,24)7-6-22-9-20-16-14(22)5-4-13(15(16)19)21-12-3-2-10(17)8-11(12)18/h2-5,8-9,21H,6-7H2,1H3. The van der Waals surface area contributed by atoms with Crippen LogP contribution in [0.3, 0.4) is 0 Å². The summed E-state index contributed by atoms with van der Waals surface area (Å²) in [6.07, 6.45) is 2.60. The van der Waals surface area contributed by atoms with Gasteiger partial charge >= 0.3 is 0 Å². The third-order valence-electron chi connectivity index (χ3n) is 3.63. The van der Waals surface area contributed by atoms with E-state index in [4.69, 9.17) is 11.6 Å². The molecule has 0 amide bonds. The van der Waals surface area contributed by atoms with Gasteiger partial charge in [0.25, 0.3) is 0 Å². The summed E-state index contributed by atoms with van der Waals surface area (Å²) < 4.78 is 39.8. The molecule has 0 atom stereocenters. The molecule has 0 spiro atoms. The van der Waals surface area contributed by atoms with Gasteiger partial charge in [0.05, 0.1) is 34.0 Å². The highest BCUT2D eigenvalue weighted by atomic mass is 79.9. The van der Waals surface area contributed by atoms with Crippen LogP contribution < -0.4 is 5.32 Å². The zero-order chi connectivity index (χ0) is 18.2. The molecule has 5 nitrogen and oxygen atoms in total. The van der Waals surface area contributed by atoms with Gasteiger partial charge in [0, 0.05) is 17.3 Å². The van der Waals surface area contributed by atoms with E-state index in [-0.39, 0.29) is 23.5 Å². The SMILES string of the molecule is CS(=O)(=O)CCn1cnc2c(F)c(Nc3ccc(Br)cc3Cl)ccc21. The number of sulfone groups is 1. The van der Waals surface area contributed by atoms with Crippen molar-refractivity contribution in [2.75, 3.05) is 17.3 Å². The zero-order valence-electron chi connectivity index (χ0n) is 13.1. The smallest absolute Gasteiger partial charge is 0.174 e. The molecule has 0 aliphatic heterocycles. The van der Waals surface area contributed by atoms with Gasteiger partial charge < -0.3 is 9.88 Å². The molecule has 0 unspecified atom stereocenters. The molecule has 1 aromatic heterocycles. The molecule has 1 N–H and O–H groups in total. The molecule has 3 rings (SSSR count). The van der Waals surface area contributed by atoms with Crippen LogP contribution in [0.25, 0.3) is 11.0 Å². The summed E-state index contributed by atoms with van der Waals surface area (Å²) >= 11 is 9.46. The number of hydrogen-bond donors (Lipinski definition) is 1. The Labute approximate surface area is 157 Å². The number of nitrogens with one attached hydrogen (secondary N) is 1. The second-order valence-electron chi connectivity index (χ2n) is 5.61. The van der Waals surface area contributed by atoms with Crippen LogP contribution in [-0.4, -0.2) is 30.0 Å². The summed E-state index contributed by atoms with van der Waals surface area (Å²) in [6, 6.07) is 8.52. The molecular formula is C16H14BrClFN3O2S. The number of aromatic nitrogens is 2. The first kappa shape index (κ1) is 18.2. The van der Waals surface area contributed by atoms with E-state index < -0.39 is 15.7 Å². The Kier molecular flexibility index (Phi) is 5.04.